The van der Waals surface area contributed by atoms with E-state index >= 15 is 0 Å². The monoisotopic (exact) mass is 299 g/mol. The number of aryl methyl sites for hydroxylation is 1. The molecule has 1 N–H and O–H groups in total. The fourth-order valence-electron chi connectivity index (χ4n) is 3.03. The second-order valence-corrected chi connectivity index (χ2v) is 7.14. The van der Waals surface area contributed by atoms with Gasteiger partial charge in [-0.2, -0.15) is 0 Å². The van der Waals surface area contributed by atoms with Crippen LogP contribution in [-0.4, -0.2) is 6.54 Å². The van der Waals surface area contributed by atoms with Crippen molar-refractivity contribution in [1.82, 2.24) is 5.32 Å². The predicted molar refractivity (Wildman–Crippen MR) is 92.3 cm³/mol. The van der Waals surface area contributed by atoms with E-state index in [1.54, 1.807) is 0 Å². The molecule has 3 rings (SSSR count). The van der Waals surface area contributed by atoms with Gasteiger partial charge in [0.1, 0.15) is 0 Å². The molecule has 1 unspecified atom stereocenters. The largest absolute Gasteiger partial charge is 0.306 e. The van der Waals surface area contributed by atoms with Crippen LogP contribution in [0.25, 0.3) is 0 Å². The lowest BCUT2D eigenvalue weighted by molar-refractivity contribution is 0.419. The van der Waals surface area contributed by atoms with Gasteiger partial charge in [-0.25, -0.2) is 0 Å². The molecule has 1 aromatic carbocycles. The smallest absolute Gasteiger partial charge is 0.0671 e. The molecule has 112 valence electrons. The fourth-order valence-corrected chi connectivity index (χ4v) is 4.09. The summed E-state index contributed by atoms with van der Waals surface area (Å²) in [6.07, 6.45) is 5.28. The first-order valence-electron chi connectivity index (χ1n) is 8.23. The quantitative estimate of drug-likeness (QED) is 0.765. The average Bonchev–Trinajstić information content (AvgIpc) is 2.93. The van der Waals surface area contributed by atoms with Crippen molar-refractivity contribution in [1.29, 1.82) is 0 Å². The van der Waals surface area contributed by atoms with Gasteiger partial charge in [0.15, 0.2) is 0 Å². The van der Waals surface area contributed by atoms with Crippen LogP contribution in [0.1, 0.15) is 66.0 Å². The number of thiophene rings is 1. The van der Waals surface area contributed by atoms with Crippen molar-refractivity contribution in [3.05, 3.63) is 57.3 Å². The van der Waals surface area contributed by atoms with E-state index in [2.05, 4.69) is 55.6 Å². The lowest BCUT2D eigenvalue weighted by atomic mass is 9.80. The number of rotatable bonds is 6. The topological polar surface area (TPSA) is 12.0 Å². The van der Waals surface area contributed by atoms with Crippen LogP contribution in [-0.2, 0) is 6.42 Å². The average molecular weight is 299 g/mol. The lowest BCUT2D eigenvalue weighted by Crippen LogP contribution is -2.21. The third kappa shape index (κ3) is 3.22. The molecule has 0 amide bonds. The Hall–Kier alpha value is -1.12. The molecule has 21 heavy (non-hydrogen) atoms. The van der Waals surface area contributed by atoms with Gasteiger partial charge in [0, 0.05) is 9.75 Å². The first kappa shape index (κ1) is 14.8. The van der Waals surface area contributed by atoms with E-state index in [0.717, 1.165) is 18.9 Å². The van der Waals surface area contributed by atoms with E-state index in [1.165, 1.54) is 40.1 Å². The van der Waals surface area contributed by atoms with Gasteiger partial charge < -0.3 is 5.32 Å². The highest BCUT2D eigenvalue weighted by Gasteiger charge is 2.20. The maximum Gasteiger partial charge on any atom is 0.0671 e. The molecule has 1 aliphatic rings. The standard InChI is InChI=1S/C19H25NS/c1-3-17-12-13-18(21-17)19(20-4-2)16-10-8-15(9-11-16)14-6-5-7-14/h8-14,19-20H,3-7H2,1-2H3. The summed E-state index contributed by atoms with van der Waals surface area (Å²) in [5, 5.41) is 3.64. The molecule has 0 aliphatic heterocycles. The van der Waals surface area contributed by atoms with E-state index < -0.39 is 0 Å². The van der Waals surface area contributed by atoms with Crippen molar-refractivity contribution in [2.75, 3.05) is 6.54 Å². The van der Waals surface area contributed by atoms with Crippen LogP contribution >= 0.6 is 11.3 Å². The molecule has 1 fully saturated rings. The second kappa shape index (κ2) is 6.76. The van der Waals surface area contributed by atoms with Gasteiger partial charge in [-0.05, 0) is 55.0 Å². The van der Waals surface area contributed by atoms with E-state index in [0.29, 0.717) is 6.04 Å². The lowest BCUT2D eigenvalue weighted by Gasteiger charge is -2.26. The molecule has 2 heteroatoms. The number of hydrogen-bond donors (Lipinski definition) is 1. The van der Waals surface area contributed by atoms with Gasteiger partial charge in [-0.15, -0.1) is 11.3 Å². The highest BCUT2D eigenvalue weighted by Crippen LogP contribution is 2.37. The minimum absolute atomic E-state index is 0.343. The summed E-state index contributed by atoms with van der Waals surface area (Å²) in [5.74, 6) is 0.824. The zero-order chi connectivity index (χ0) is 14.7. The summed E-state index contributed by atoms with van der Waals surface area (Å²) in [6, 6.07) is 14.2. The van der Waals surface area contributed by atoms with Crippen molar-refractivity contribution in [2.45, 2.75) is 51.5 Å². The van der Waals surface area contributed by atoms with Gasteiger partial charge in [0.05, 0.1) is 6.04 Å². The molecule has 1 heterocycles. The Balaban J connectivity index is 1.82. The first-order chi connectivity index (χ1) is 10.3. The minimum Gasteiger partial charge on any atom is -0.306 e. The van der Waals surface area contributed by atoms with Crippen LogP contribution in [0.15, 0.2) is 36.4 Å². The van der Waals surface area contributed by atoms with Crippen LogP contribution < -0.4 is 5.32 Å². The third-order valence-electron chi connectivity index (χ3n) is 4.57. The molecule has 1 saturated carbocycles. The summed E-state index contributed by atoms with van der Waals surface area (Å²) in [6.45, 7) is 5.41. The Kier molecular flexibility index (Phi) is 4.77. The zero-order valence-electron chi connectivity index (χ0n) is 13.1. The van der Waals surface area contributed by atoms with Gasteiger partial charge in [-0.3, -0.25) is 0 Å². The van der Waals surface area contributed by atoms with Crippen LogP contribution in [0.5, 0.6) is 0 Å². The summed E-state index contributed by atoms with van der Waals surface area (Å²) in [7, 11) is 0. The Morgan fingerprint density at radius 1 is 1.10 bits per heavy atom. The van der Waals surface area contributed by atoms with Gasteiger partial charge in [-0.1, -0.05) is 44.5 Å². The molecular weight excluding hydrogens is 274 g/mol. The van der Waals surface area contributed by atoms with Crippen molar-refractivity contribution in [2.24, 2.45) is 0 Å². The van der Waals surface area contributed by atoms with Crippen molar-refractivity contribution < 1.29 is 0 Å². The third-order valence-corrected chi connectivity index (χ3v) is 5.86. The first-order valence-corrected chi connectivity index (χ1v) is 9.05. The summed E-state index contributed by atoms with van der Waals surface area (Å²) >= 11 is 1.94. The second-order valence-electron chi connectivity index (χ2n) is 5.94. The molecule has 1 nitrogen and oxygen atoms in total. The molecule has 0 bridgehead atoms. The summed E-state index contributed by atoms with van der Waals surface area (Å²) < 4.78 is 0. The fraction of sp³-hybridized carbons (Fsp3) is 0.474. The number of nitrogens with one attached hydrogen (secondary N) is 1. The van der Waals surface area contributed by atoms with Crippen LogP contribution in [0, 0.1) is 0 Å². The molecule has 0 spiro atoms. The molecule has 2 aromatic rings. The number of hydrogen-bond acceptors (Lipinski definition) is 2. The maximum absolute atomic E-state index is 3.64. The van der Waals surface area contributed by atoms with Gasteiger partial charge >= 0.3 is 0 Å². The molecular formula is C19H25NS. The maximum atomic E-state index is 3.64. The normalized spacial score (nSPS) is 16.7. The molecule has 1 aromatic heterocycles. The summed E-state index contributed by atoms with van der Waals surface area (Å²) in [4.78, 5) is 2.91. The van der Waals surface area contributed by atoms with Gasteiger partial charge in [0.2, 0.25) is 0 Å². The Bertz CT molecular complexity index is 566. The molecule has 1 aliphatic carbocycles. The van der Waals surface area contributed by atoms with Crippen molar-refractivity contribution in [3.63, 3.8) is 0 Å². The minimum atomic E-state index is 0.343. The van der Waals surface area contributed by atoms with Crippen molar-refractivity contribution in [3.8, 4) is 0 Å². The van der Waals surface area contributed by atoms with Gasteiger partial charge in [0.25, 0.3) is 0 Å². The summed E-state index contributed by atoms with van der Waals surface area (Å²) in [5.41, 5.74) is 2.92. The van der Waals surface area contributed by atoms with Crippen LogP contribution in [0.2, 0.25) is 0 Å². The van der Waals surface area contributed by atoms with Crippen molar-refractivity contribution >= 4 is 11.3 Å². The van der Waals surface area contributed by atoms with E-state index in [-0.39, 0.29) is 0 Å². The Morgan fingerprint density at radius 2 is 1.86 bits per heavy atom. The SMILES string of the molecule is CCNC(c1ccc(C2CCC2)cc1)c1ccc(CC)s1. The van der Waals surface area contributed by atoms with E-state index in [9.17, 15) is 0 Å². The molecule has 0 radical (unpaired) electrons. The van der Waals surface area contributed by atoms with E-state index in [4.69, 9.17) is 0 Å². The highest BCUT2D eigenvalue weighted by atomic mass is 32.1. The Morgan fingerprint density at radius 3 is 2.38 bits per heavy atom. The predicted octanol–water partition coefficient (Wildman–Crippen LogP) is 5.28. The highest BCUT2D eigenvalue weighted by molar-refractivity contribution is 7.12. The van der Waals surface area contributed by atoms with Crippen LogP contribution in [0.3, 0.4) is 0 Å². The molecule has 0 saturated heterocycles. The zero-order valence-corrected chi connectivity index (χ0v) is 13.9. The molecule has 1 atom stereocenters. The Labute approximate surface area is 132 Å². The van der Waals surface area contributed by atoms with E-state index in [1.807, 2.05) is 11.3 Å². The van der Waals surface area contributed by atoms with Crippen LogP contribution in [0.4, 0.5) is 0 Å². The number of benzene rings is 1.